The molecule has 0 spiro atoms. The molecule has 0 saturated heterocycles. The first-order valence-corrected chi connectivity index (χ1v) is 7.93. The molecule has 4 nitrogen and oxygen atoms in total. The average Bonchev–Trinajstić information content (AvgIpc) is 2.63. The molecule has 0 radical (unpaired) electrons. The van der Waals surface area contributed by atoms with Crippen LogP contribution in [0.5, 0.6) is 0 Å². The number of carbonyl (C=O) groups is 1. The molecule has 1 aromatic rings. The summed E-state index contributed by atoms with van der Waals surface area (Å²) in [5.41, 5.74) is 2.58. The standard InChI is InChI=1S/C17H28N2O2/c1-11(10-17(2,3)4)8-15-18-13-9-12(16(20)21)6-7-14(13)19(15)5/h11-12H,6-10H2,1-5H3,(H,20,21). The van der Waals surface area contributed by atoms with Crippen molar-refractivity contribution in [2.45, 2.75) is 59.8 Å². The second-order valence-corrected chi connectivity index (χ2v) is 7.83. The molecule has 1 aromatic heterocycles. The second-order valence-electron chi connectivity index (χ2n) is 7.83. The van der Waals surface area contributed by atoms with E-state index in [-0.39, 0.29) is 5.92 Å². The van der Waals surface area contributed by atoms with Gasteiger partial charge in [0, 0.05) is 25.6 Å². The normalized spacial score (nSPS) is 20.1. The maximum Gasteiger partial charge on any atom is 0.306 e. The molecule has 118 valence electrons. The van der Waals surface area contributed by atoms with Gasteiger partial charge in [-0.3, -0.25) is 4.79 Å². The van der Waals surface area contributed by atoms with Crippen LogP contribution in [0.15, 0.2) is 0 Å². The van der Waals surface area contributed by atoms with Gasteiger partial charge in [0.05, 0.1) is 11.6 Å². The summed E-state index contributed by atoms with van der Waals surface area (Å²) in [6.07, 6.45) is 4.30. The van der Waals surface area contributed by atoms with Gasteiger partial charge in [-0.15, -0.1) is 0 Å². The zero-order chi connectivity index (χ0) is 15.8. The van der Waals surface area contributed by atoms with Gasteiger partial charge in [-0.2, -0.15) is 0 Å². The van der Waals surface area contributed by atoms with Crippen LogP contribution >= 0.6 is 0 Å². The molecule has 0 saturated carbocycles. The maximum absolute atomic E-state index is 11.2. The summed E-state index contributed by atoms with van der Waals surface area (Å²) >= 11 is 0. The fraction of sp³-hybridized carbons (Fsp3) is 0.765. The fourth-order valence-corrected chi connectivity index (χ4v) is 3.59. The molecule has 4 heteroatoms. The fourth-order valence-electron chi connectivity index (χ4n) is 3.59. The van der Waals surface area contributed by atoms with Crippen LogP contribution in [0, 0.1) is 17.3 Å². The Balaban J connectivity index is 2.11. The molecule has 1 N–H and O–H groups in total. The average molecular weight is 292 g/mol. The van der Waals surface area contributed by atoms with Gasteiger partial charge in [-0.1, -0.05) is 27.7 Å². The van der Waals surface area contributed by atoms with E-state index < -0.39 is 5.97 Å². The summed E-state index contributed by atoms with van der Waals surface area (Å²) in [4.78, 5) is 15.9. The van der Waals surface area contributed by atoms with E-state index in [2.05, 4.69) is 39.3 Å². The number of rotatable bonds is 4. The summed E-state index contributed by atoms with van der Waals surface area (Å²) in [6, 6.07) is 0. The van der Waals surface area contributed by atoms with Crippen LogP contribution in [0.3, 0.4) is 0 Å². The molecule has 2 atom stereocenters. The Kier molecular flexibility index (Phi) is 4.45. The number of aromatic nitrogens is 2. The highest BCUT2D eigenvalue weighted by molar-refractivity contribution is 5.70. The minimum Gasteiger partial charge on any atom is -0.481 e. The van der Waals surface area contributed by atoms with Crippen molar-refractivity contribution in [3.63, 3.8) is 0 Å². The molecule has 0 amide bonds. The van der Waals surface area contributed by atoms with Gasteiger partial charge >= 0.3 is 5.97 Å². The highest BCUT2D eigenvalue weighted by Crippen LogP contribution is 2.29. The van der Waals surface area contributed by atoms with Gasteiger partial charge in [0.15, 0.2) is 0 Å². The van der Waals surface area contributed by atoms with Crippen molar-refractivity contribution in [2.24, 2.45) is 24.3 Å². The first-order valence-electron chi connectivity index (χ1n) is 7.93. The van der Waals surface area contributed by atoms with Crippen molar-refractivity contribution in [3.05, 3.63) is 17.2 Å². The van der Waals surface area contributed by atoms with Crippen molar-refractivity contribution in [3.8, 4) is 0 Å². The molecule has 0 fully saturated rings. The Labute approximate surface area is 127 Å². The molecule has 0 aliphatic heterocycles. The monoisotopic (exact) mass is 292 g/mol. The van der Waals surface area contributed by atoms with E-state index in [0.717, 1.165) is 30.8 Å². The van der Waals surface area contributed by atoms with Crippen molar-refractivity contribution < 1.29 is 9.90 Å². The summed E-state index contributed by atoms with van der Waals surface area (Å²) in [6.45, 7) is 9.08. The minimum atomic E-state index is -0.686. The third-order valence-corrected chi connectivity index (χ3v) is 4.40. The maximum atomic E-state index is 11.2. The van der Waals surface area contributed by atoms with Crippen LogP contribution in [-0.2, 0) is 31.1 Å². The SMILES string of the molecule is CC(Cc1nc2c(n1C)CCC(C(=O)O)C2)CC(C)(C)C. The Bertz CT molecular complexity index is 526. The van der Waals surface area contributed by atoms with E-state index in [1.807, 2.05) is 0 Å². The van der Waals surface area contributed by atoms with Gasteiger partial charge in [0.1, 0.15) is 5.82 Å². The molecule has 2 rings (SSSR count). The summed E-state index contributed by atoms with van der Waals surface area (Å²) in [7, 11) is 2.08. The van der Waals surface area contributed by atoms with Crippen molar-refractivity contribution in [1.82, 2.24) is 9.55 Å². The number of hydrogen-bond acceptors (Lipinski definition) is 2. The van der Waals surface area contributed by atoms with Crippen molar-refractivity contribution in [1.29, 1.82) is 0 Å². The number of nitrogens with zero attached hydrogens (tertiary/aromatic N) is 2. The lowest BCUT2D eigenvalue weighted by atomic mass is 9.84. The summed E-state index contributed by atoms with van der Waals surface area (Å²) in [5, 5.41) is 9.18. The molecule has 0 bridgehead atoms. The van der Waals surface area contributed by atoms with Crippen LogP contribution in [-0.4, -0.2) is 20.6 Å². The number of aliphatic carboxylic acids is 1. The molecule has 1 heterocycles. The molecule has 1 aliphatic carbocycles. The Morgan fingerprint density at radius 3 is 2.71 bits per heavy atom. The highest BCUT2D eigenvalue weighted by Gasteiger charge is 2.28. The molecule has 21 heavy (non-hydrogen) atoms. The van der Waals surface area contributed by atoms with Crippen molar-refractivity contribution in [2.75, 3.05) is 0 Å². The minimum absolute atomic E-state index is 0.257. The van der Waals surface area contributed by atoms with Crippen LogP contribution in [0.2, 0.25) is 0 Å². The number of fused-ring (bicyclic) bond motifs is 1. The lowest BCUT2D eigenvalue weighted by Gasteiger charge is -2.23. The van der Waals surface area contributed by atoms with E-state index in [1.54, 1.807) is 0 Å². The van der Waals surface area contributed by atoms with Gasteiger partial charge in [0.2, 0.25) is 0 Å². The third kappa shape index (κ3) is 3.86. The zero-order valence-corrected chi connectivity index (χ0v) is 13.9. The van der Waals surface area contributed by atoms with Crippen LogP contribution in [0.4, 0.5) is 0 Å². The first kappa shape index (κ1) is 16.1. The Morgan fingerprint density at radius 2 is 2.14 bits per heavy atom. The highest BCUT2D eigenvalue weighted by atomic mass is 16.4. The van der Waals surface area contributed by atoms with E-state index >= 15 is 0 Å². The van der Waals surface area contributed by atoms with Crippen LogP contribution in [0.25, 0.3) is 0 Å². The van der Waals surface area contributed by atoms with E-state index in [4.69, 9.17) is 4.98 Å². The third-order valence-electron chi connectivity index (χ3n) is 4.40. The molecule has 1 aliphatic rings. The van der Waals surface area contributed by atoms with Gasteiger partial charge in [0.25, 0.3) is 0 Å². The molecule has 2 unspecified atom stereocenters. The van der Waals surface area contributed by atoms with Crippen molar-refractivity contribution >= 4 is 5.97 Å². The molecule has 0 aromatic carbocycles. The largest absolute Gasteiger partial charge is 0.481 e. The first-order chi connectivity index (χ1) is 9.67. The van der Waals surface area contributed by atoms with E-state index in [0.29, 0.717) is 17.8 Å². The lowest BCUT2D eigenvalue weighted by Crippen LogP contribution is -2.22. The van der Waals surface area contributed by atoms with Crippen LogP contribution < -0.4 is 0 Å². The number of hydrogen-bond donors (Lipinski definition) is 1. The summed E-state index contributed by atoms with van der Waals surface area (Å²) in [5.74, 6) is 0.756. The summed E-state index contributed by atoms with van der Waals surface area (Å²) < 4.78 is 2.20. The number of carboxylic acids is 1. The zero-order valence-electron chi connectivity index (χ0n) is 13.9. The molecular formula is C17H28N2O2. The lowest BCUT2D eigenvalue weighted by molar-refractivity contribution is -0.142. The Morgan fingerprint density at radius 1 is 1.48 bits per heavy atom. The number of imidazole rings is 1. The topological polar surface area (TPSA) is 55.1 Å². The predicted molar refractivity (Wildman–Crippen MR) is 83.3 cm³/mol. The van der Waals surface area contributed by atoms with Crippen LogP contribution in [0.1, 0.15) is 57.7 Å². The predicted octanol–water partition coefficient (Wildman–Crippen LogP) is 3.22. The molecular weight excluding hydrogens is 264 g/mol. The Hall–Kier alpha value is -1.32. The smallest absolute Gasteiger partial charge is 0.306 e. The van der Waals surface area contributed by atoms with E-state index in [9.17, 15) is 9.90 Å². The quantitative estimate of drug-likeness (QED) is 0.927. The van der Waals surface area contributed by atoms with E-state index in [1.165, 1.54) is 12.1 Å². The second kappa shape index (κ2) is 5.82. The van der Waals surface area contributed by atoms with Gasteiger partial charge in [-0.05, 0) is 30.6 Å². The van der Waals surface area contributed by atoms with Gasteiger partial charge in [-0.25, -0.2) is 4.98 Å². The number of carboxylic acid groups (broad SMARTS) is 1. The van der Waals surface area contributed by atoms with Gasteiger partial charge < -0.3 is 9.67 Å².